The molecule has 0 amide bonds. The Labute approximate surface area is 171 Å². The summed E-state index contributed by atoms with van der Waals surface area (Å²) in [5.74, 6) is -1.86. The summed E-state index contributed by atoms with van der Waals surface area (Å²) in [5, 5.41) is 13.1. The molecule has 3 rings (SSSR count). The number of nitrogens with zero attached hydrogens (tertiary/aromatic N) is 1. The molecule has 2 aromatic rings. The van der Waals surface area contributed by atoms with Crippen molar-refractivity contribution >= 4 is 33.9 Å². The first-order valence-electron chi connectivity index (χ1n) is 9.89. The van der Waals surface area contributed by atoms with Crippen LogP contribution in [0.3, 0.4) is 0 Å². The molecular weight excluding hydrogens is 366 g/mol. The van der Waals surface area contributed by atoms with E-state index in [1.165, 1.54) is 7.11 Å². The molecule has 5 heteroatoms. The van der Waals surface area contributed by atoms with Gasteiger partial charge in [0.2, 0.25) is 0 Å². The summed E-state index contributed by atoms with van der Waals surface area (Å²) < 4.78 is 4.90. The van der Waals surface area contributed by atoms with E-state index in [4.69, 9.17) is 9.73 Å². The van der Waals surface area contributed by atoms with Gasteiger partial charge in [0, 0.05) is 6.42 Å². The number of aliphatic hydroxyl groups is 1. The highest BCUT2D eigenvalue weighted by Crippen LogP contribution is 2.43. The predicted molar refractivity (Wildman–Crippen MR) is 115 cm³/mol. The van der Waals surface area contributed by atoms with Crippen LogP contribution in [0.15, 0.2) is 58.8 Å². The Morgan fingerprint density at radius 3 is 2.52 bits per heavy atom. The largest absolute Gasteiger partial charge is 0.511 e. The Morgan fingerprint density at radius 1 is 1.17 bits per heavy atom. The van der Waals surface area contributed by atoms with Crippen molar-refractivity contribution in [1.29, 1.82) is 0 Å². The van der Waals surface area contributed by atoms with Gasteiger partial charge in [-0.3, -0.25) is 14.6 Å². The Hall–Kier alpha value is -2.95. The van der Waals surface area contributed by atoms with Crippen LogP contribution in [-0.4, -0.2) is 29.7 Å². The van der Waals surface area contributed by atoms with Crippen molar-refractivity contribution in [1.82, 2.24) is 0 Å². The molecule has 1 aliphatic carbocycles. The lowest BCUT2D eigenvalue weighted by molar-refractivity contribution is -0.149. The zero-order valence-corrected chi connectivity index (χ0v) is 17.4. The van der Waals surface area contributed by atoms with Crippen molar-refractivity contribution in [3.8, 4) is 0 Å². The molecular formula is C24H27NO4. The Kier molecular flexibility index (Phi) is 5.87. The molecule has 0 fully saturated rings. The second-order valence-corrected chi connectivity index (χ2v) is 8.14. The quantitative estimate of drug-likeness (QED) is 0.698. The van der Waals surface area contributed by atoms with E-state index in [-0.39, 0.29) is 23.5 Å². The number of allylic oxidation sites excluding steroid dienone is 1. The number of benzene rings is 2. The Bertz CT molecular complexity index is 1020. The molecule has 0 unspecified atom stereocenters. The van der Waals surface area contributed by atoms with Crippen molar-refractivity contribution in [2.75, 3.05) is 7.11 Å². The second kappa shape index (κ2) is 8.19. The lowest BCUT2D eigenvalue weighted by Crippen LogP contribution is -2.41. The number of rotatable bonds is 5. The summed E-state index contributed by atoms with van der Waals surface area (Å²) in [6.07, 6.45) is 1.31. The minimum absolute atomic E-state index is 0.162. The lowest BCUT2D eigenvalue weighted by Gasteiger charge is -2.37. The number of esters is 1. The average molecular weight is 393 g/mol. The first-order chi connectivity index (χ1) is 13.8. The van der Waals surface area contributed by atoms with Gasteiger partial charge in [0.05, 0.1) is 24.1 Å². The van der Waals surface area contributed by atoms with Crippen LogP contribution >= 0.6 is 0 Å². The highest BCUT2D eigenvalue weighted by Gasteiger charge is 2.47. The third-order valence-electron chi connectivity index (χ3n) is 5.41. The molecule has 152 valence electrons. The van der Waals surface area contributed by atoms with E-state index < -0.39 is 17.3 Å². The van der Waals surface area contributed by atoms with Gasteiger partial charge in [-0.15, -0.1) is 0 Å². The fraction of sp³-hybridized carbons (Fsp3) is 0.375. The zero-order chi connectivity index (χ0) is 21.2. The van der Waals surface area contributed by atoms with Crippen LogP contribution in [0.25, 0.3) is 10.8 Å². The van der Waals surface area contributed by atoms with Gasteiger partial charge < -0.3 is 9.84 Å². The van der Waals surface area contributed by atoms with Crippen molar-refractivity contribution in [2.24, 2.45) is 16.3 Å². The number of ether oxygens (including phenoxy) is 1. The van der Waals surface area contributed by atoms with Crippen molar-refractivity contribution in [3.63, 3.8) is 0 Å². The average Bonchev–Trinajstić information content (AvgIpc) is 2.67. The minimum Gasteiger partial charge on any atom is -0.511 e. The maximum Gasteiger partial charge on any atom is 0.316 e. The summed E-state index contributed by atoms with van der Waals surface area (Å²) in [5.41, 5.74) is 0.750. The fourth-order valence-electron chi connectivity index (χ4n) is 3.99. The summed E-state index contributed by atoms with van der Waals surface area (Å²) >= 11 is 0. The van der Waals surface area contributed by atoms with E-state index in [1.54, 1.807) is 0 Å². The van der Waals surface area contributed by atoms with E-state index in [2.05, 4.69) is 0 Å². The van der Waals surface area contributed by atoms with E-state index in [0.29, 0.717) is 24.2 Å². The number of ketones is 1. The first-order valence-corrected chi connectivity index (χ1v) is 9.89. The molecule has 29 heavy (non-hydrogen) atoms. The molecule has 0 radical (unpaired) electrons. The lowest BCUT2D eigenvalue weighted by atomic mass is 9.67. The molecule has 0 aliphatic heterocycles. The summed E-state index contributed by atoms with van der Waals surface area (Å²) in [6, 6.07) is 13.8. The van der Waals surface area contributed by atoms with Crippen LogP contribution in [0.1, 0.15) is 40.0 Å². The number of fused-ring (bicyclic) bond motifs is 1. The Morgan fingerprint density at radius 2 is 1.86 bits per heavy atom. The van der Waals surface area contributed by atoms with E-state index in [1.807, 2.05) is 63.2 Å². The van der Waals surface area contributed by atoms with Crippen LogP contribution in [-0.2, 0) is 14.3 Å². The highest BCUT2D eigenvalue weighted by atomic mass is 16.5. The number of hydrogen-bond acceptors (Lipinski definition) is 5. The van der Waals surface area contributed by atoms with Gasteiger partial charge in [-0.1, -0.05) is 51.1 Å². The smallest absolute Gasteiger partial charge is 0.316 e. The standard InChI is InChI=1S/C24H27NO4/c1-5-8-19(26)20-18(14-24(2,3)21(22(20)27)23(28)29-4)25-17-12-11-15-9-6-7-10-16(15)13-17/h6-7,9-13,21,27H,5,8,14H2,1-4H3/t21-/m1/s1. The predicted octanol–water partition coefficient (Wildman–Crippen LogP) is 5.31. The van der Waals surface area contributed by atoms with E-state index >= 15 is 0 Å². The molecule has 1 atom stereocenters. The molecule has 0 spiro atoms. The van der Waals surface area contributed by atoms with Gasteiger partial charge in [-0.05, 0) is 41.2 Å². The normalized spacial score (nSPS) is 20.1. The van der Waals surface area contributed by atoms with E-state index in [0.717, 1.165) is 10.8 Å². The van der Waals surface area contributed by atoms with Crippen molar-refractivity contribution < 1.29 is 19.4 Å². The number of hydrogen-bond donors (Lipinski definition) is 1. The molecule has 5 nitrogen and oxygen atoms in total. The molecule has 2 aromatic carbocycles. The number of aliphatic hydroxyl groups excluding tert-OH is 1. The van der Waals surface area contributed by atoms with E-state index in [9.17, 15) is 14.7 Å². The van der Waals surface area contributed by atoms with Gasteiger partial charge in [0.1, 0.15) is 11.7 Å². The molecule has 0 heterocycles. The van der Waals surface area contributed by atoms with Gasteiger partial charge in [-0.25, -0.2) is 0 Å². The number of Topliss-reactive ketones (excluding diaryl/α,β-unsaturated/α-hetero) is 1. The van der Waals surface area contributed by atoms with Gasteiger partial charge in [-0.2, -0.15) is 0 Å². The maximum absolute atomic E-state index is 12.8. The molecule has 0 bridgehead atoms. The monoisotopic (exact) mass is 393 g/mol. The fourth-order valence-corrected chi connectivity index (χ4v) is 3.99. The van der Waals surface area contributed by atoms with Gasteiger partial charge in [0.25, 0.3) is 0 Å². The van der Waals surface area contributed by atoms with Crippen molar-refractivity contribution in [3.05, 3.63) is 53.8 Å². The molecule has 1 N–H and O–H groups in total. The van der Waals surface area contributed by atoms with Gasteiger partial charge >= 0.3 is 5.97 Å². The first kappa shape index (κ1) is 20.8. The molecule has 0 saturated heterocycles. The van der Waals surface area contributed by atoms with Crippen LogP contribution in [0.2, 0.25) is 0 Å². The SMILES string of the molecule is CCCC(=O)C1=C(O)[C@H](C(=O)OC)C(C)(C)CC1=Nc1ccc2ccccc2c1. The van der Waals surface area contributed by atoms with Crippen LogP contribution in [0.5, 0.6) is 0 Å². The summed E-state index contributed by atoms with van der Waals surface area (Å²) in [6.45, 7) is 5.66. The number of carbonyl (C=O) groups excluding carboxylic acids is 2. The number of aliphatic imine (C=N–C) groups is 1. The number of methoxy groups -OCH3 is 1. The minimum atomic E-state index is -0.890. The van der Waals surface area contributed by atoms with Crippen LogP contribution < -0.4 is 0 Å². The summed E-state index contributed by atoms with van der Waals surface area (Å²) in [4.78, 5) is 29.9. The van der Waals surface area contributed by atoms with Crippen molar-refractivity contribution in [2.45, 2.75) is 40.0 Å². The van der Waals surface area contributed by atoms with Crippen LogP contribution in [0, 0.1) is 11.3 Å². The molecule has 0 aromatic heterocycles. The Balaban J connectivity index is 2.16. The molecule has 1 aliphatic rings. The second-order valence-electron chi connectivity index (χ2n) is 8.14. The zero-order valence-electron chi connectivity index (χ0n) is 17.4. The summed E-state index contributed by atoms with van der Waals surface area (Å²) in [7, 11) is 1.29. The maximum atomic E-state index is 12.8. The van der Waals surface area contributed by atoms with Crippen LogP contribution in [0.4, 0.5) is 5.69 Å². The highest BCUT2D eigenvalue weighted by molar-refractivity contribution is 6.24. The topological polar surface area (TPSA) is 76.0 Å². The third-order valence-corrected chi connectivity index (χ3v) is 5.41. The third kappa shape index (κ3) is 4.09. The van der Waals surface area contributed by atoms with Gasteiger partial charge in [0.15, 0.2) is 5.78 Å². The number of carbonyl (C=O) groups is 2. The molecule has 0 saturated carbocycles.